The molecule has 0 unspecified atom stereocenters. The monoisotopic (exact) mass is 358 g/mol. The zero-order valence-corrected chi connectivity index (χ0v) is 14.7. The molecule has 1 fully saturated rings. The molecule has 0 spiro atoms. The Morgan fingerprint density at radius 3 is 2.57 bits per heavy atom. The van der Waals surface area contributed by atoms with Gasteiger partial charge in [0, 0.05) is 6.04 Å². The quantitative estimate of drug-likeness (QED) is 0.660. The molecule has 126 valence electrons. The molecule has 0 radical (unpaired) electrons. The summed E-state index contributed by atoms with van der Waals surface area (Å²) in [7, 11) is 0. The summed E-state index contributed by atoms with van der Waals surface area (Å²) >= 11 is 11.5. The normalized spacial score (nSPS) is 24.1. The highest BCUT2D eigenvalue weighted by atomic mass is 35.5. The number of carbonyl (C=O) groups is 2. The average molecular weight is 359 g/mol. The third-order valence-corrected chi connectivity index (χ3v) is 4.77. The first-order chi connectivity index (χ1) is 10.9. The molecule has 1 aliphatic carbocycles. The van der Waals surface area contributed by atoms with Gasteiger partial charge in [0.15, 0.2) is 6.61 Å². The van der Waals surface area contributed by atoms with E-state index in [1.54, 1.807) is 0 Å². The zero-order valence-electron chi connectivity index (χ0n) is 13.1. The van der Waals surface area contributed by atoms with Crippen molar-refractivity contribution in [1.29, 1.82) is 0 Å². The van der Waals surface area contributed by atoms with E-state index >= 15 is 0 Å². The first-order valence-electron chi connectivity index (χ1n) is 7.66. The van der Waals surface area contributed by atoms with E-state index in [2.05, 4.69) is 24.1 Å². The van der Waals surface area contributed by atoms with Crippen molar-refractivity contribution < 1.29 is 14.3 Å². The molecule has 2 rings (SSSR count). The summed E-state index contributed by atoms with van der Waals surface area (Å²) in [6.07, 6.45) is 3.25. The van der Waals surface area contributed by atoms with E-state index in [0.717, 1.165) is 12.8 Å². The Morgan fingerprint density at radius 2 is 1.91 bits per heavy atom. The second kappa shape index (κ2) is 7.97. The molecular formula is C16H20Cl2N2O3. The van der Waals surface area contributed by atoms with E-state index in [4.69, 9.17) is 27.9 Å². The predicted molar refractivity (Wildman–Crippen MR) is 88.6 cm³/mol. The van der Waals surface area contributed by atoms with Crippen LogP contribution in [0.25, 0.3) is 0 Å². The minimum Gasteiger partial charge on any atom is -0.452 e. The number of aromatic nitrogens is 1. The molecule has 0 aliphatic heterocycles. The molecule has 0 aromatic carbocycles. The number of carbonyl (C=O) groups excluding carboxylic acids is 2. The second-order valence-electron chi connectivity index (χ2n) is 6.02. The van der Waals surface area contributed by atoms with Gasteiger partial charge in [-0.05, 0) is 30.4 Å². The Hall–Kier alpha value is -1.33. The van der Waals surface area contributed by atoms with Crippen LogP contribution in [-0.2, 0) is 9.53 Å². The molecule has 1 saturated carbocycles. The molecule has 5 nitrogen and oxygen atoms in total. The maximum atomic E-state index is 12.0. The lowest BCUT2D eigenvalue weighted by molar-refractivity contribution is -0.125. The third kappa shape index (κ3) is 5.08. The second-order valence-corrected chi connectivity index (χ2v) is 6.79. The summed E-state index contributed by atoms with van der Waals surface area (Å²) in [5, 5.41) is 3.14. The summed E-state index contributed by atoms with van der Waals surface area (Å²) in [5.74, 6) is 0.0471. The van der Waals surface area contributed by atoms with Crippen molar-refractivity contribution in [3.63, 3.8) is 0 Å². The molecule has 1 aliphatic rings. The van der Waals surface area contributed by atoms with E-state index < -0.39 is 5.97 Å². The Labute approximate surface area is 145 Å². The molecule has 7 heteroatoms. The number of halogens is 2. The van der Waals surface area contributed by atoms with Gasteiger partial charge in [-0.3, -0.25) is 4.79 Å². The predicted octanol–water partition coefficient (Wildman–Crippen LogP) is 3.49. The lowest BCUT2D eigenvalue weighted by Gasteiger charge is -2.34. The highest BCUT2D eigenvalue weighted by Gasteiger charge is 2.28. The van der Waals surface area contributed by atoms with Gasteiger partial charge in [0.05, 0.1) is 5.56 Å². The van der Waals surface area contributed by atoms with Gasteiger partial charge in [0.2, 0.25) is 0 Å². The number of nitrogens with one attached hydrogen (secondary N) is 1. The molecule has 3 atom stereocenters. The number of pyridine rings is 1. The Kier molecular flexibility index (Phi) is 6.25. The Bertz CT molecular complexity index is 574. The van der Waals surface area contributed by atoms with E-state index in [0.29, 0.717) is 11.8 Å². The summed E-state index contributed by atoms with van der Waals surface area (Å²) in [4.78, 5) is 27.6. The number of amides is 1. The van der Waals surface area contributed by atoms with E-state index in [1.165, 1.54) is 18.6 Å². The van der Waals surface area contributed by atoms with Crippen LogP contribution in [0.2, 0.25) is 10.3 Å². The van der Waals surface area contributed by atoms with Crippen molar-refractivity contribution in [2.24, 2.45) is 11.8 Å². The zero-order chi connectivity index (χ0) is 17.0. The molecule has 1 aromatic rings. The number of rotatable bonds is 4. The van der Waals surface area contributed by atoms with Crippen molar-refractivity contribution in [2.75, 3.05) is 6.61 Å². The number of nitrogens with zero attached hydrogens (tertiary/aromatic N) is 1. The van der Waals surface area contributed by atoms with E-state index in [1.807, 2.05) is 0 Å². The van der Waals surface area contributed by atoms with Gasteiger partial charge in [0.1, 0.15) is 10.3 Å². The van der Waals surface area contributed by atoms with Crippen LogP contribution < -0.4 is 5.32 Å². The van der Waals surface area contributed by atoms with Crippen LogP contribution in [0.1, 0.15) is 43.5 Å². The molecule has 1 N–H and O–H groups in total. The fourth-order valence-electron chi connectivity index (χ4n) is 2.83. The first kappa shape index (κ1) is 18.0. The summed E-state index contributed by atoms with van der Waals surface area (Å²) < 4.78 is 5.01. The van der Waals surface area contributed by atoms with Gasteiger partial charge >= 0.3 is 5.97 Å². The van der Waals surface area contributed by atoms with Crippen LogP contribution in [0.5, 0.6) is 0 Å². The lowest BCUT2D eigenvalue weighted by atomic mass is 9.78. The highest BCUT2D eigenvalue weighted by Crippen LogP contribution is 2.29. The van der Waals surface area contributed by atoms with Gasteiger partial charge in [-0.1, -0.05) is 49.9 Å². The van der Waals surface area contributed by atoms with Crippen LogP contribution in [0, 0.1) is 11.8 Å². The standard InChI is InChI=1S/C16H20Cl2N2O3/c1-9-4-3-5-12(10(9)2)19-15(21)8-23-16(22)11-6-13(17)20-14(18)7-11/h6-7,9-10,12H,3-5,8H2,1-2H3,(H,19,21)/t9-,10-,12-/m1/s1. The van der Waals surface area contributed by atoms with Gasteiger partial charge in [-0.2, -0.15) is 0 Å². The maximum absolute atomic E-state index is 12.0. The fourth-order valence-corrected chi connectivity index (χ4v) is 3.29. The number of ether oxygens (including phenoxy) is 1. The van der Waals surface area contributed by atoms with Crippen molar-refractivity contribution in [1.82, 2.24) is 10.3 Å². The molecular weight excluding hydrogens is 339 g/mol. The average Bonchev–Trinajstić information content (AvgIpc) is 2.48. The summed E-state index contributed by atoms with van der Waals surface area (Å²) in [6.45, 7) is 4.01. The van der Waals surface area contributed by atoms with E-state index in [-0.39, 0.29) is 34.4 Å². The summed E-state index contributed by atoms with van der Waals surface area (Å²) in [5.41, 5.74) is 0.169. The molecule has 1 heterocycles. The van der Waals surface area contributed by atoms with Crippen molar-refractivity contribution in [3.8, 4) is 0 Å². The topological polar surface area (TPSA) is 68.3 Å². The van der Waals surface area contributed by atoms with Gasteiger partial charge in [-0.15, -0.1) is 0 Å². The number of esters is 1. The largest absolute Gasteiger partial charge is 0.452 e. The van der Waals surface area contributed by atoms with Crippen molar-refractivity contribution in [2.45, 2.75) is 39.2 Å². The molecule has 1 amide bonds. The molecule has 0 bridgehead atoms. The van der Waals surface area contributed by atoms with Crippen LogP contribution in [0.4, 0.5) is 0 Å². The SMILES string of the molecule is C[C@@H]1[C@H](C)CCC[C@H]1NC(=O)COC(=O)c1cc(Cl)nc(Cl)c1. The van der Waals surface area contributed by atoms with E-state index in [9.17, 15) is 9.59 Å². The van der Waals surface area contributed by atoms with Crippen LogP contribution in [-0.4, -0.2) is 29.5 Å². The minimum atomic E-state index is -0.656. The number of hydrogen-bond acceptors (Lipinski definition) is 4. The summed E-state index contributed by atoms with van der Waals surface area (Å²) in [6, 6.07) is 2.83. The Balaban J connectivity index is 1.85. The third-order valence-electron chi connectivity index (χ3n) is 4.39. The molecule has 0 saturated heterocycles. The van der Waals surface area contributed by atoms with Gasteiger partial charge in [0.25, 0.3) is 5.91 Å². The van der Waals surface area contributed by atoms with Crippen molar-refractivity contribution >= 4 is 35.1 Å². The lowest BCUT2D eigenvalue weighted by Crippen LogP contribution is -2.45. The van der Waals surface area contributed by atoms with Crippen LogP contribution in [0.3, 0.4) is 0 Å². The Morgan fingerprint density at radius 1 is 1.26 bits per heavy atom. The first-order valence-corrected chi connectivity index (χ1v) is 8.42. The fraction of sp³-hybridized carbons (Fsp3) is 0.562. The smallest absolute Gasteiger partial charge is 0.338 e. The van der Waals surface area contributed by atoms with Crippen LogP contribution >= 0.6 is 23.2 Å². The van der Waals surface area contributed by atoms with Gasteiger partial charge in [-0.25, -0.2) is 9.78 Å². The molecule has 23 heavy (non-hydrogen) atoms. The van der Waals surface area contributed by atoms with Crippen LogP contribution in [0.15, 0.2) is 12.1 Å². The highest BCUT2D eigenvalue weighted by molar-refractivity contribution is 6.32. The molecule has 1 aromatic heterocycles. The van der Waals surface area contributed by atoms with Crippen molar-refractivity contribution in [3.05, 3.63) is 28.0 Å². The van der Waals surface area contributed by atoms with Gasteiger partial charge < -0.3 is 10.1 Å². The number of hydrogen-bond donors (Lipinski definition) is 1. The minimum absolute atomic E-state index is 0.0962. The maximum Gasteiger partial charge on any atom is 0.338 e.